The second-order valence-corrected chi connectivity index (χ2v) is 5.40. The molecule has 0 aliphatic rings. The molecule has 1 aromatic carbocycles. The molecule has 0 unspecified atom stereocenters. The lowest BCUT2D eigenvalue weighted by Crippen LogP contribution is -2.29. The first-order valence-corrected chi connectivity index (χ1v) is 7.85. The van der Waals surface area contributed by atoms with Crippen molar-refractivity contribution >= 4 is 21.8 Å². The van der Waals surface area contributed by atoms with Crippen LogP contribution in [0.5, 0.6) is 5.75 Å². The number of ether oxygens (including phenoxy) is 1. The molecule has 1 rings (SSSR count). The molecule has 0 bridgehead atoms. The number of carbonyl (C=O) groups is 1. The van der Waals surface area contributed by atoms with Gasteiger partial charge in [-0.3, -0.25) is 4.79 Å². The summed E-state index contributed by atoms with van der Waals surface area (Å²) in [7, 11) is 0. The third-order valence-electron chi connectivity index (χ3n) is 2.71. The minimum absolute atomic E-state index is 0.0450. The van der Waals surface area contributed by atoms with E-state index in [-0.39, 0.29) is 12.5 Å². The van der Waals surface area contributed by atoms with E-state index in [4.69, 9.17) is 4.74 Å². The zero-order valence-electron chi connectivity index (χ0n) is 12.2. The molecule has 112 valence electrons. The van der Waals surface area contributed by atoms with Crippen LogP contribution in [0.4, 0.5) is 0 Å². The predicted octanol–water partition coefficient (Wildman–Crippen LogP) is 2.85. The SMILES string of the molecule is CCCNCc1cccc(Br)c1OCC(=O)NCCC. The van der Waals surface area contributed by atoms with E-state index >= 15 is 0 Å². The summed E-state index contributed by atoms with van der Waals surface area (Å²) >= 11 is 3.47. The monoisotopic (exact) mass is 342 g/mol. The lowest BCUT2D eigenvalue weighted by molar-refractivity contribution is -0.123. The molecule has 1 aromatic rings. The number of nitrogens with one attached hydrogen (secondary N) is 2. The first-order valence-electron chi connectivity index (χ1n) is 7.06. The van der Waals surface area contributed by atoms with Crippen LogP contribution in [0.3, 0.4) is 0 Å². The minimum Gasteiger partial charge on any atom is -0.482 e. The lowest BCUT2D eigenvalue weighted by atomic mass is 10.2. The van der Waals surface area contributed by atoms with Gasteiger partial charge in [0.1, 0.15) is 5.75 Å². The second kappa shape index (κ2) is 9.77. The molecular weight excluding hydrogens is 320 g/mol. The van der Waals surface area contributed by atoms with Crippen molar-refractivity contribution in [1.29, 1.82) is 0 Å². The van der Waals surface area contributed by atoms with Gasteiger partial charge in [-0.15, -0.1) is 0 Å². The van der Waals surface area contributed by atoms with Crippen LogP contribution in [0.15, 0.2) is 22.7 Å². The van der Waals surface area contributed by atoms with Crippen molar-refractivity contribution in [1.82, 2.24) is 10.6 Å². The zero-order chi connectivity index (χ0) is 14.8. The Labute approximate surface area is 129 Å². The molecule has 0 fully saturated rings. The topological polar surface area (TPSA) is 50.4 Å². The molecule has 5 heteroatoms. The van der Waals surface area contributed by atoms with Gasteiger partial charge in [0.25, 0.3) is 5.91 Å². The quantitative estimate of drug-likeness (QED) is 0.678. The average molecular weight is 343 g/mol. The number of carbonyl (C=O) groups excluding carboxylic acids is 1. The number of benzene rings is 1. The van der Waals surface area contributed by atoms with Crippen molar-refractivity contribution in [3.8, 4) is 5.75 Å². The molecular formula is C15H23BrN2O2. The molecule has 1 amide bonds. The zero-order valence-corrected chi connectivity index (χ0v) is 13.8. The summed E-state index contributed by atoms with van der Waals surface area (Å²) in [5.74, 6) is 0.651. The van der Waals surface area contributed by atoms with E-state index in [1.54, 1.807) is 0 Å². The van der Waals surface area contributed by atoms with Crippen molar-refractivity contribution < 1.29 is 9.53 Å². The lowest BCUT2D eigenvalue weighted by Gasteiger charge is -2.13. The number of halogens is 1. The van der Waals surface area contributed by atoms with E-state index in [0.29, 0.717) is 6.54 Å². The summed E-state index contributed by atoms with van der Waals surface area (Å²) < 4.78 is 6.53. The van der Waals surface area contributed by atoms with Gasteiger partial charge in [0, 0.05) is 18.7 Å². The molecule has 4 nitrogen and oxygen atoms in total. The van der Waals surface area contributed by atoms with Crippen LogP contribution >= 0.6 is 15.9 Å². The fourth-order valence-electron chi connectivity index (χ4n) is 1.71. The molecule has 0 saturated heterocycles. The van der Waals surface area contributed by atoms with E-state index in [1.165, 1.54) is 0 Å². The molecule has 0 spiro atoms. The summed E-state index contributed by atoms with van der Waals surface area (Å²) in [6.07, 6.45) is 2.01. The third kappa shape index (κ3) is 5.92. The Morgan fingerprint density at radius 3 is 2.70 bits per heavy atom. The van der Waals surface area contributed by atoms with Gasteiger partial charge in [0.15, 0.2) is 6.61 Å². The standard InChI is InChI=1S/C15H23BrN2O2/c1-3-8-17-10-12-6-5-7-13(16)15(12)20-11-14(19)18-9-4-2/h5-7,17H,3-4,8-11H2,1-2H3,(H,18,19). The summed E-state index contributed by atoms with van der Waals surface area (Å²) in [5.41, 5.74) is 1.05. The van der Waals surface area contributed by atoms with E-state index < -0.39 is 0 Å². The van der Waals surface area contributed by atoms with Gasteiger partial charge in [-0.2, -0.15) is 0 Å². The summed E-state index contributed by atoms with van der Waals surface area (Å²) in [5, 5.41) is 6.14. The van der Waals surface area contributed by atoms with Gasteiger partial charge in [-0.1, -0.05) is 26.0 Å². The first-order chi connectivity index (χ1) is 9.69. The number of hydrogen-bond donors (Lipinski definition) is 2. The van der Waals surface area contributed by atoms with Crippen molar-refractivity contribution in [2.75, 3.05) is 19.7 Å². The van der Waals surface area contributed by atoms with Crippen LogP contribution in [0.25, 0.3) is 0 Å². The van der Waals surface area contributed by atoms with E-state index in [9.17, 15) is 4.79 Å². The molecule has 0 aliphatic heterocycles. The number of para-hydroxylation sites is 1. The Kier molecular flexibility index (Phi) is 8.30. The number of amides is 1. The highest BCUT2D eigenvalue weighted by molar-refractivity contribution is 9.10. The molecule has 0 aliphatic carbocycles. The van der Waals surface area contributed by atoms with Crippen LogP contribution in [0, 0.1) is 0 Å². The molecule has 0 aromatic heterocycles. The van der Waals surface area contributed by atoms with Crippen molar-refractivity contribution in [2.45, 2.75) is 33.2 Å². The summed E-state index contributed by atoms with van der Waals surface area (Å²) in [6.45, 7) is 6.57. The van der Waals surface area contributed by atoms with E-state index in [2.05, 4.69) is 33.5 Å². The first kappa shape index (κ1) is 17.0. The molecule has 0 atom stereocenters. The fourth-order valence-corrected chi connectivity index (χ4v) is 2.23. The van der Waals surface area contributed by atoms with Crippen molar-refractivity contribution in [3.05, 3.63) is 28.2 Å². The van der Waals surface area contributed by atoms with Gasteiger partial charge in [0.2, 0.25) is 0 Å². The average Bonchev–Trinajstić information content (AvgIpc) is 2.44. The minimum atomic E-state index is -0.0879. The van der Waals surface area contributed by atoms with Crippen molar-refractivity contribution in [2.24, 2.45) is 0 Å². The Morgan fingerprint density at radius 1 is 1.25 bits per heavy atom. The maximum atomic E-state index is 11.6. The van der Waals surface area contributed by atoms with E-state index in [0.717, 1.165) is 41.7 Å². The highest BCUT2D eigenvalue weighted by Gasteiger charge is 2.10. The summed E-state index contributed by atoms with van der Waals surface area (Å²) in [4.78, 5) is 11.6. The molecule has 2 N–H and O–H groups in total. The Balaban J connectivity index is 2.60. The van der Waals surface area contributed by atoms with Crippen LogP contribution in [0.2, 0.25) is 0 Å². The summed E-state index contributed by atoms with van der Waals surface area (Å²) in [6, 6.07) is 5.90. The smallest absolute Gasteiger partial charge is 0.257 e. The van der Waals surface area contributed by atoms with Gasteiger partial charge in [-0.05, 0) is 41.4 Å². The Morgan fingerprint density at radius 2 is 2.00 bits per heavy atom. The molecule has 0 saturated carbocycles. The van der Waals surface area contributed by atoms with Crippen LogP contribution in [-0.4, -0.2) is 25.6 Å². The molecule has 0 heterocycles. The Hall–Kier alpha value is -1.07. The second-order valence-electron chi connectivity index (χ2n) is 4.54. The van der Waals surface area contributed by atoms with Crippen LogP contribution in [0.1, 0.15) is 32.3 Å². The van der Waals surface area contributed by atoms with Crippen molar-refractivity contribution in [3.63, 3.8) is 0 Å². The van der Waals surface area contributed by atoms with Crippen LogP contribution in [-0.2, 0) is 11.3 Å². The van der Waals surface area contributed by atoms with Gasteiger partial charge >= 0.3 is 0 Å². The highest BCUT2D eigenvalue weighted by Crippen LogP contribution is 2.29. The normalized spacial score (nSPS) is 10.3. The number of rotatable bonds is 9. The van der Waals surface area contributed by atoms with Gasteiger partial charge in [0.05, 0.1) is 4.47 Å². The Bertz CT molecular complexity index is 424. The maximum absolute atomic E-state index is 11.6. The molecule has 20 heavy (non-hydrogen) atoms. The van der Waals surface area contributed by atoms with Gasteiger partial charge in [-0.25, -0.2) is 0 Å². The number of hydrogen-bond acceptors (Lipinski definition) is 3. The highest BCUT2D eigenvalue weighted by atomic mass is 79.9. The van der Waals surface area contributed by atoms with Crippen LogP contribution < -0.4 is 15.4 Å². The largest absolute Gasteiger partial charge is 0.482 e. The van der Waals surface area contributed by atoms with E-state index in [1.807, 2.05) is 25.1 Å². The molecule has 0 radical (unpaired) electrons. The maximum Gasteiger partial charge on any atom is 0.257 e. The fraction of sp³-hybridized carbons (Fsp3) is 0.533. The van der Waals surface area contributed by atoms with Gasteiger partial charge < -0.3 is 15.4 Å². The predicted molar refractivity (Wildman–Crippen MR) is 84.9 cm³/mol. The third-order valence-corrected chi connectivity index (χ3v) is 3.33.